The van der Waals surface area contributed by atoms with Gasteiger partial charge in [0.15, 0.2) is 5.82 Å². The average Bonchev–Trinajstić information content (AvgIpc) is 2.90. The minimum Gasteiger partial charge on any atom is -0.399 e. The maximum absolute atomic E-state index is 5.70. The molecule has 18 heavy (non-hydrogen) atoms. The van der Waals surface area contributed by atoms with Gasteiger partial charge in [-0.05, 0) is 47.5 Å². The van der Waals surface area contributed by atoms with Crippen LogP contribution in [0.5, 0.6) is 0 Å². The molecule has 0 saturated heterocycles. The van der Waals surface area contributed by atoms with Gasteiger partial charge in [-0.15, -0.1) is 5.10 Å². The Morgan fingerprint density at radius 3 is 2.50 bits per heavy atom. The minimum atomic E-state index is 0.446. The summed E-state index contributed by atoms with van der Waals surface area (Å²) in [5, 5.41) is 12.1. The first-order valence-electron chi connectivity index (χ1n) is 6.48. The van der Waals surface area contributed by atoms with Crippen molar-refractivity contribution in [3.05, 3.63) is 24.3 Å². The van der Waals surface area contributed by atoms with Gasteiger partial charge in [-0.3, -0.25) is 0 Å². The van der Waals surface area contributed by atoms with Gasteiger partial charge in [-0.25, -0.2) is 4.68 Å². The molecule has 1 fully saturated rings. The van der Waals surface area contributed by atoms with E-state index in [-0.39, 0.29) is 0 Å². The van der Waals surface area contributed by atoms with Crippen LogP contribution in [0.4, 0.5) is 5.69 Å². The van der Waals surface area contributed by atoms with Crippen LogP contribution in [0.25, 0.3) is 11.4 Å². The molecule has 5 heteroatoms. The Hall–Kier alpha value is -1.91. The predicted molar refractivity (Wildman–Crippen MR) is 69.8 cm³/mol. The summed E-state index contributed by atoms with van der Waals surface area (Å²) in [6.45, 7) is 0. The zero-order valence-electron chi connectivity index (χ0n) is 10.3. The largest absolute Gasteiger partial charge is 0.399 e. The number of nitrogens with zero attached hydrogens (tertiary/aromatic N) is 4. The molecule has 5 nitrogen and oxygen atoms in total. The van der Waals surface area contributed by atoms with Gasteiger partial charge in [0.05, 0.1) is 6.04 Å². The summed E-state index contributed by atoms with van der Waals surface area (Å²) < 4.78 is 1.98. The van der Waals surface area contributed by atoms with Crippen molar-refractivity contribution in [1.82, 2.24) is 20.2 Å². The molecule has 0 bridgehead atoms. The Kier molecular flexibility index (Phi) is 2.96. The predicted octanol–water partition coefficient (Wildman–Crippen LogP) is 2.43. The first-order valence-corrected chi connectivity index (χ1v) is 6.48. The van der Waals surface area contributed by atoms with E-state index in [1.807, 2.05) is 28.9 Å². The summed E-state index contributed by atoms with van der Waals surface area (Å²) >= 11 is 0. The second kappa shape index (κ2) is 4.76. The summed E-state index contributed by atoms with van der Waals surface area (Å²) in [4.78, 5) is 0. The Morgan fingerprint density at radius 1 is 1.06 bits per heavy atom. The molecule has 0 amide bonds. The average molecular weight is 243 g/mol. The maximum Gasteiger partial charge on any atom is 0.182 e. The van der Waals surface area contributed by atoms with Crippen LogP contribution in [0.15, 0.2) is 24.3 Å². The molecule has 94 valence electrons. The molecule has 1 aromatic carbocycles. The van der Waals surface area contributed by atoms with Crippen LogP contribution in [-0.4, -0.2) is 20.2 Å². The van der Waals surface area contributed by atoms with E-state index in [9.17, 15) is 0 Å². The number of aromatic nitrogens is 4. The van der Waals surface area contributed by atoms with Gasteiger partial charge in [0.1, 0.15) is 0 Å². The van der Waals surface area contributed by atoms with E-state index in [1.165, 1.54) is 32.1 Å². The third-order valence-corrected chi connectivity index (χ3v) is 3.58. The maximum atomic E-state index is 5.70. The van der Waals surface area contributed by atoms with Gasteiger partial charge >= 0.3 is 0 Å². The highest BCUT2D eigenvalue weighted by Gasteiger charge is 2.20. The van der Waals surface area contributed by atoms with Crippen molar-refractivity contribution in [2.45, 2.75) is 38.1 Å². The summed E-state index contributed by atoms with van der Waals surface area (Å²) in [6.07, 6.45) is 6.22. The molecule has 0 radical (unpaired) electrons. The molecular weight excluding hydrogens is 226 g/mol. The lowest BCUT2D eigenvalue weighted by Crippen LogP contribution is -2.15. The van der Waals surface area contributed by atoms with Gasteiger partial charge in [0, 0.05) is 11.3 Å². The topological polar surface area (TPSA) is 69.6 Å². The van der Waals surface area contributed by atoms with Crippen molar-refractivity contribution < 1.29 is 0 Å². The van der Waals surface area contributed by atoms with E-state index in [4.69, 9.17) is 5.73 Å². The van der Waals surface area contributed by atoms with E-state index < -0.39 is 0 Å². The van der Waals surface area contributed by atoms with Crippen molar-refractivity contribution in [1.29, 1.82) is 0 Å². The lowest BCUT2D eigenvalue weighted by molar-refractivity contribution is 0.327. The third kappa shape index (κ3) is 2.08. The van der Waals surface area contributed by atoms with E-state index in [0.29, 0.717) is 6.04 Å². The zero-order chi connectivity index (χ0) is 12.4. The smallest absolute Gasteiger partial charge is 0.182 e. The molecule has 0 aliphatic heterocycles. The number of nitrogen functional groups attached to an aromatic ring is 1. The van der Waals surface area contributed by atoms with Crippen LogP contribution < -0.4 is 5.73 Å². The van der Waals surface area contributed by atoms with E-state index in [2.05, 4.69) is 15.5 Å². The molecule has 1 aliphatic rings. The molecule has 1 heterocycles. The van der Waals surface area contributed by atoms with Gasteiger partial charge < -0.3 is 5.73 Å². The molecular formula is C13H17N5. The van der Waals surface area contributed by atoms with Gasteiger partial charge in [-0.1, -0.05) is 19.3 Å². The summed E-state index contributed by atoms with van der Waals surface area (Å²) in [6, 6.07) is 8.16. The highest BCUT2D eigenvalue weighted by Crippen LogP contribution is 2.30. The molecule has 1 aliphatic carbocycles. The van der Waals surface area contributed by atoms with Gasteiger partial charge in [0.25, 0.3) is 0 Å². The minimum absolute atomic E-state index is 0.446. The summed E-state index contributed by atoms with van der Waals surface area (Å²) in [5.41, 5.74) is 7.49. The highest BCUT2D eigenvalue weighted by molar-refractivity contribution is 5.58. The molecule has 1 saturated carbocycles. The normalized spacial score (nSPS) is 16.9. The zero-order valence-corrected chi connectivity index (χ0v) is 10.3. The first kappa shape index (κ1) is 11.2. The number of nitrogens with two attached hydrogens (primary N) is 1. The fraction of sp³-hybridized carbons (Fsp3) is 0.462. The number of tetrazole rings is 1. The fourth-order valence-electron chi connectivity index (χ4n) is 2.59. The van der Waals surface area contributed by atoms with Crippen LogP contribution in [0, 0.1) is 0 Å². The number of benzene rings is 1. The molecule has 0 atom stereocenters. The molecule has 0 spiro atoms. The number of hydrogen-bond donors (Lipinski definition) is 1. The highest BCUT2D eigenvalue weighted by atomic mass is 15.5. The van der Waals surface area contributed by atoms with Crippen molar-refractivity contribution in [2.75, 3.05) is 5.73 Å². The second-order valence-electron chi connectivity index (χ2n) is 4.86. The fourth-order valence-corrected chi connectivity index (χ4v) is 2.59. The number of hydrogen-bond acceptors (Lipinski definition) is 4. The summed E-state index contributed by atoms with van der Waals surface area (Å²) in [7, 11) is 0. The molecule has 3 rings (SSSR count). The van der Waals surface area contributed by atoms with Crippen LogP contribution in [-0.2, 0) is 0 Å². The number of rotatable bonds is 2. The van der Waals surface area contributed by atoms with E-state index >= 15 is 0 Å². The van der Waals surface area contributed by atoms with Crippen LogP contribution >= 0.6 is 0 Å². The van der Waals surface area contributed by atoms with Crippen molar-refractivity contribution in [3.63, 3.8) is 0 Å². The number of anilines is 1. The molecule has 2 aromatic rings. The van der Waals surface area contributed by atoms with Gasteiger partial charge in [-0.2, -0.15) is 0 Å². The van der Waals surface area contributed by atoms with E-state index in [0.717, 1.165) is 17.1 Å². The Balaban J connectivity index is 1.93. The SMILES string of the molecule is Nc1ccc(-c2nnnn2C2CCCCC2)cc1. The monoisotopic (exact) mass is 243 g/mol. The Bertz CT molecular complexity index is 510. The van der Waals surface area contributed by atoms with E-state index in [1.54, 1.807) is 0 Å². The molecule has 2 N–H and O–H groups in total. The van der Waals surface area contributed by atoms with Crippen LogP contribution in [0.3, 0.4) is 0 Å². The Labute approximate surface area is 106 Å². The summed E-state index contributed by atoms with van der Waals surface area (Å²) in [5.74, 6) is 0.849. The quantitative estimate of drug-likeness (QED) is 0.822. The Morgan fingerprint density at radius 2 is 1.78 bits per heavy atom. The molecule has 0 unspecified atom stereocenters. The van der Waals surface area contributed by atoms with Gasteiger partial charge in [0.2, 0.25) is 0 Å². The second-order valence-corrected chi connectivity index (χ2v) is 4.86. The van der Waals surface area contributed by atoms with Crippen LogP contribution in [0.2, 0.25) is 0 Å². The molecule has 1 aromatic heterocycles. The lowest BCUT2D eigenvalue weighted by atomic mass is 9.95. The van der Waals surface area contributed by atoms with Crippen molar-refractivity contribution in [2.24, 2.45) is 0 Å². The first-order chi connectivity index (χ1) is 8.84. The lowest BCUT2D eigenvalue weighted by Gasteiger charge is -2.22. The van der Waals surface area contributed by atoms with Crippen LogP contribution in [0.1, 0.15) is 38.1 Å². The standard InChI is InChI=1S/C13H17N5/c14-11-8-6-10(7-9-11)13-15-16-17-18(13)12-4-2-1-3-5-12/h6-9,12H,1-5,14H2. The van der Waals surface area contributed by atoms with Crippen molar-refractivity contribution >= 4 is 5.69 Å². The third-order valence-electron chi connectivity index (χ3n) is 3.58. The van der Waals surface area contributed by atoms with Crippen molar-refractivity contribution in [3.8, 4) is 11.4 Å².